The van der Waals surface area contributed by atoms with Crippen LogP contribution < -0.4 is 5.73 Å². The molecule has 1 atom stereocenters. The van der Waals surface area contributed by atoms with Crippen molar-refractivity contribution in [3.05, 3.63) is 12.2 Å². The first-order chi connectivity index (χ1) is 12.2. The standard InChI is InChI=1S/C19H32N4O3/c1-14(2)16(17(20)25)23-13-9-19(18(23)26)7-11-22(12-8-19)15(24)6-5-10-21(3)4/h5-6,14,16H,7-13H2,1-4H3,(H2,20,25)/b6-5+. The van der Waals surface area contributed by atoms with Crippen LogP contribution in [0.3, 0.4) is 0 Å². The van der Waals surface area contributed by atoms with Crippen molar-refractivity contribution in [2.24, 2.45) is 17.1 Å². The SMILES string of the molecule is CC(C)C(C(N)=O)N1CCC2(CCN(C(=O)/C=C/CN(C)C)CC2)C1=O. The molecule has 7 nitrogen and oxygen atoms in total. The van der Waals surface area contributed by atoms with Crippen molar-refractivity contribution < 1.29 is 14.4 Å². The highest BCUT2D eigenvalue weighted by molar-refractivity contribution is 5.92. The van der Waals surface area contributed by atoms with Crippen molar-refractivity contribution in [3.8, 4) is 0 Å². The molecule has 0 bridgehead atoms. The molecule has 2 aliphatic rings. The van der Waals surface area contributed by atoms with E-state index < -0.39 is 17.4 Å². The van der Waals surface area contributed by atoms with Crippen molar-refractivity contribution in [2.75, 3.05) is 40.3 Å². The molecule has 1 unspecified atom stereocenters. The van der Waals surface area contributed by atoms with Crippen LogP contribution >= 0.6 is 0 Å². The first-order valence-corrected chi connectivity index (χ1v) is 9.38. The highest BCUT2D eigenvalue weighted by Gasteiger charge is 2.51. The number of likely N-dealkylation sites (N-methyl/N-ethyl adjacent to an activating group) is 1. The Bertz CT molecular complexity index is 577. The molecule has 2 N–H and O–H groups in total. The number of hydrogen-bond acceptors (Lipinski definition) is 4. The maximum atomic E-state index is 13.1. The highest BCUT2D eigenvalue weighted by Crippen LogP contribution is 2.42. The Labute approximate surface area is 156 Å². The Morgan fingerprint density at radius 2 is 1.77 bits per heavy atom. The van der Waals surface area contributed by atoms with E-state index >= 15 is 0 Å². The lowest BCUT2D eigenvalue weighted by Crippen LogP contribution is -2.52. The predicted molar refractivity (Wildman–Crippen MR) is 100 cm³/mol. The molecule has 2 fully saturated rings. The fourth-order valence-corrected chi connectivity index (χ4v) is 4.04. The molecule has 0 aliphatic carbocycles. The number of nitrogens with two attached hydrogens (primary N) is 1. The minimum absolute atomic E-state index is 0.00111. The molecule has 146 valence electrons. The average molecular weight is 364 g/mol. The first kappa shape index (κ1) is 20.4. The number of carbonyl (C=O) groups excluding carboxylic acids is 3. The molecule has 0 radical (unpaired) electrons. The fraction of sp³-hybridized carbons (Fsp3) is 0.737. The summed E-state index contributed by atoms with van der Waals surface area (Å²) in [6, 6.07) is -0.546. The lowest BCUT2D eigenvalue weighted by molar-refractivity contribution is -0.146. The molecule has 2 heterocycles. The maximum absolute atomic E-state index is 13.1. The van der Waals surface area contributed by atoms with Crippen molar-refractivity contribution in [2.45, 2.75) is 39.2 Å². The zero-order valence-electron chi connectivity index (χ0n) is 16.4. The normalized spacial score (nSPS) is 21.4. The second-order valence-electron chi connectivity index (χ2n) is 8.11. The van der Waals surface area contributed by atoms with Gasteiger partial charge in [-0.3, -0.25) is 14.4 Å². The zero-order valence-corrected chi connectivity index (χ0v) is 16.4. The van der Waals surface area contributed by atoms with Gasteiger partial charge >= 0.3 is 0 Å². The van der Waals surface area contributed by atoms with Crippen LogP contribution in [-0.4, -0.2) is 78.7 Å². The van der Waals surface area contributed by atoms with E-state index in [0.29, 0.717) is 32.5 Å². The van der Waals surface area contributed by atoms with E-state index in [2.05, 4.69) is 0 Å². The second-order valence-corrected chi connectivity index (χ2v) is 8.11. The molecule has 1 spiro atoms. The lowest BCUT2D eigenvalue weighted by atomic mass is 9.77. The van der Waals surface area contributed by atoms with Crippen LogP contribution in [0.25, 0.3) is 0 Å². The number of likely N-dealkylation sites (tertiary alicyclic amines) is 2. The third kappa shape index (κ3) is 4.26. The van der Waals surface area contributed by atoms with Crippen molar-refractivity contribution in [1.29, 1.82) is 0 Å². The molecule has 26 heavy (non-hydrogen) atoms. The summed E-state index contributed by atoms with van der Waals surface area (Å²) in [4.78, 5) is 42.6. The minimum atomic E-state index is -0.546. The van der Waals surface area contributed by atoms with Gasteiger partial charge in [0.25, 0.3) is 0 Å². The summed E-state index contributed by atoms with van der Waals surface area (Å²) >= 11 is 0. The average Bonchev–Trinajstić information content (AvgIpc) is 2.84. The van der Waals surface area contributed by atoms with E-state index in [1.54, 1.807) is 15.9 Å². The van der Waals surface area contributed by atoms with Gasteiger partial charge in [-0.25, -0.2) is 0 Å². The van der Waals surface area contributed by atoms with E-state index in [1.165, 1.54) is 0 Å². The van der Waals surface area contributed by atoms with E-state index in [0.717, 1.165) is 13.0 Å². The zero-order chi connectivity index (χ0) is 19.5. The summed E-state index contributed by atoms with van der Waals surface area (Å²) in [6.45, 7) is 6.27. The van der Waals surface area contributed by atoms with Gasteiger partial charge in [0.2, 0.25) is 17.7 Å². The number of rotatable bonds is 6. The van der Waals surface area contributed by atoms with E-state index in [1.807, 2.05) is 38.9 Å². The van der Waals surface area contributed by atoms with Crippen molar-refractivity contribution >= 4 is 17.7 Å². The Morgan fingerprint density at radius 1 is 1.19 bits per heavy atom. The molecule has 0 aromatic rings. The summed E-state index contributed by atoms with van der Waals surface area (Å²) in [5.41, 5.74) is 5.09. The van der Waals surface area contributed by atoms with Gasteiger partial charge in [0.15, 0.2) is 0 Å². The maximum Gasteiger partial charge on any atom is 0.246 e. The molecular weight excluding hydrogens is 332 g/mol. The van der Waals surface area contributed by atoms with Gasteiger partial charge in [-0.05, 0) is 39.3 Å². The van der Waals surface area contributed by atoms with Crippen LogP contribution in [0.4, 0.5) is 0 Å². The number of hydrogen-bond donors (Lipinski definition) is 1. The van der Waals surface area contributed by atoms with Crippen LogP contribution in [0.5, 0.6) is 0 Å². The Hall–Kier alpha value is -1.89. The number of nitrogens with zero attached hydrogens (tertiary/aromatic N) is 3. The Morgan fingerprint density at radius 3 is 2.27 bits per heavy atom. The van der Waals surface area contributed by atoms with Gasteiger partial charge in [0.05, 0.1) is 5.41 Å². The third-order valence-corrected chi connectivity index (χ3v) is 5.57. The molecule has 3 amide bonds. The number of carbonyl (C=O) groups is 3. The van der Waals surface area contributed by atoms with Crippen molar-refractivity contribution in [3.63, 3.8) is 0 Å². The van der Waals surface area contributed by atoms with Gasteiger partial charge in [-0.15, -0.1) is 0 Å². The summed E-state index contributed by atoms with van der Waals surface area (Å²) in [7, 11) is 3.90. The van der Waals surface area contributed by atoms with E-state index in [-0.39, 0.29) is 17.7 Å². The predicted octanol–water partition coefficient (Wildman–Crippen LogP) is 0.455. The van der Waals surface area contributed by atoms with Gasteiger partial charge in [0, 0.05) is 32.3 Å². The van der Waals surface area contributed by atoms with Crippen LogP contribution in [-0.2, 0) is 14.4 Å². The number of piperidine rings is 1. The largest absolute Gasteiger partial charge is 0.368 e. The van der Waals surface area contributed by atoms with Crippen molar-refractivity contribution in [1.82, 2.24) is 14.7 Å². The molecule has 7 heteroatoms. The monoisotopic (exact) mass is 364 g/mol. The summed E-state index contributed by atoms with van der Waals surface area (Å²) in [6.07, 6.45) is 5.51. The molecule has 0 aromatic heterocycles. The summed E-state index contributed by atoms with van der Waals surface area (Å²) in [5, 5.41) is 0. The topological polar surface area (TPSA) is 87.0 Å². The summed E-state index contributed by atoms with van der Waals surface area (Å²) < 4.78 is 0. The Kier molecular flexibility index (Phi) is 6.44. The van der Waals surface area contributed by atoms with Crippen LogP contribution in [0, 0.1) is 11.3 Å². The quantitative estimate of drug-likeness (QED) is 0.694. The van der Waals surface area contributed by atoms with Gasteiger partial charge in [-0.1, -0.05) is 19.9 Å². The molecule has 2 aliphatic heterocycles. The molecule has 2 saturated heterocycles. The number of amides is 3. The van der Waals surface area contributed by atoms with E-state index in [4.69, 9.17) is 5.73 Å². The third-order valence-electron chi connectivity index (χ3n) is 5.57. The molecular formula is C19H32N4O3. The second kappa shape index (κ2) is 8.20. The molecule has 2 rings (SSSR count). The van der Waals surface area contributed by atoms with Crippen LogP contribution in [0.15, 0.2) is 12.2 Å². The Balaban J connectivity index is 1.98. The van der Waals surface area contributed by atoms with Crippen LogP contribution in [0.2, 0.25) is 0 Å². The fourth-order valence-electron chi connectivity index (χ4n) is 4.04. The van der Waals surface area contributed by atoms with Gasteiger partial charge < -0.3 is 20.4 Å². The summed E-state index contributed by atoms with van der Waals surface area (Å²) in [5.74, 6) is -0.411. The minimum Gasteiger partial charge on any atom is -0.368 e. The first-order valence-electron chi connectivity index (χ1n) is 9.38. The number of primary amides is 1. The smallest absolute Gasteiger partial charge is 0.246 e. The van der Waals surface area contributed by atoms with Gasteiger partial charge in [0.1, 0.15) is 6.04 Å². The lowest BCUT2D eigenvalue weighted by Gasteiger charge is -2.38. The van der Waals surface area contributed by atoms with Gasteiger partial charge in [-0.2, -0.15) is 0 Å². The molecule has 0 aromatic carbocycles. The van der Waals surface area contributed by atoms with Crippen LogP contribution in [0.1, 0.15) is 33.1 Å². The van der Waals surface area contributed by atoms with E-state index in [9.17, 15) is 14.4 Å². The molecule has 0 saturated carbocycles. The highest BCUT2D eigenvalue weighted by atomic mass is 16.2.